The molecule has 0 aliphatic carbocycles. The zero-order chi connectivity index (χ0) is 24.7. The number of likely N-dealkylation sites (tertiary alicyclic amines) is 1. The Balaban J connectivity index is 1.12. The molecule has 1 aliphatic heterocycles. The first-order valence-electron chi connectivity index (χ1n) is 12.9. The number of piperidine rings is 1. The van der Waals surface area contributed by atoms with Crippen molar-refractivity contribution in [3.63, 3.8) is 0 Å². The molecule has 0 spiro atoms. The highest BCUT2D eigenvalue weighted by Crippen LogP contribution is 2.30. The summed E-state index contributed by atoms with van der Waals surface area (Å²) in [5.41, 5.74) is 2.42. The molecular formula is C30H33N3O3. The summed E-state index contributed by atoms with van der Waals surface area (Å²) in [6.45, 7) is 3.40. The van der Waals surface area contributed by atoms with Crippen molar-refractivity contribution in [2.75, 3.05) is 19.6 Å². The maximum atomic E-state index is 12.7. The monoisotopic (exact) mass is 483 g/mol. The van der Waals surface area contributed by atoms with Crippen molar-refractivity contribution in [1.82, 2.24) is 14.5 Å². The van der Waals surface area contributed by atoms with E-state index in [1.165, 1.54) is 15.7 Å². The van der Waals surface area contributed by atoms with E-state index in [-0.39, 0.29) is 23.5 Å². The number of rotatable bonds is 9. The number of fused-ring (bicyclic) bond motifs is 1. The van der Waals surface area contributed by atoms with Gasteiger partial charge in [-0.15, -0.1) is 0 Å². The Labute approximate surface area is 211 Å². The van der Waals surface area contributed by atoms with Crippen molar-refractivity contribution in [3.05, 3.63) is 117 Å². The summed E-state index contributed by atoms with van der Waals surface area (Å²) >= 11 is 0. The summed E-state index contributed by atoms with van der Waals surface area (Å²) in [5.74, 6) is 0. The highest BCUT2D eigenvalue weighted by molar-refractivity contribution is 5.76. The first kappa shape index (κ1) is 24.2. The molecule has 0 atom stereocenters. The van der Waals surface area contributed by atoms with Gasteiger partial charge in [0.25, 0.3) is 5.56 Å². The number of H-pyrrole nitrogens is 1. The van der Waals surface area contributed by atoms with Gasteiger partial charge in [0.15, 0.2) is 0 Å². The molecule has 2 heterocycles. The molecular weight excluding hydrogens is 450 g/mol. The molecule has 1 saturated heterocycles. The van der Waals surface area contributed by atoms with Crippen LogP contribution < -0.4 is 11.2 Å². The summed E-state index contributed by atoms with van der Waals surface area (Å²) < 4.78 is 7.98. The van der Waals surface area contributed by atoms with Gasteiger partial charge in [0.1, 0.15) is 6.10 Å². The van der Waals surface area contributed by atoms with E-state index in [9.17, 15) is 9.59 Å². The summed E-state index contributed by atoms with van der Waals surface area (Å²) in [4.78, 5) is 30.3. The number of benzene rings is 3. The normalized spacial score (nSPS) is 15.0. The topological polar surface area (TPSA) is 67.3 Å². The maximum Gasteiger partial charge on any atom is 0.328 e. The Morgan fingerprint density at radius 3 is 2.03 bits per heavy atom. The van der Waals surface area contributed by atoms with Gasteiger partial charge in [0.2, 0.25) is 0 Å². The maximum absolute atomic E-state index is 12.7. The minimum absolute atomic E-state index is 0.0534. The Kier molecular flexibility index (Phi) is 7.74. The Bertz CT molecular complexity index is 1330. The minimum Gasteiger partial charge on any atom is -0.365 e. The molecule has 36 heavy (non-hydrogen) atoms. The highest BCUT2D eigenvalue weighted by Gasteiger charge is 2.24. The van der Waals surface area contributed by atoms with Gasteiger partial charge in [-0.1, -0.05) is 72.8 Å². The fourth-order valence-corrected chi connectivity index (χ4v) is 5.07. The molecule has 1 N–H and O–H groups in total. The number of unbranched alkanes of at least 4 members (excludes halogenated alkanes) is 1. The first-order chi connectivity index (χ1) is 17.7. The molecule has 0 radical (unpaired) electrons. The van der Waals surface area contributed by atoms with Gasteiger partial charge >= 0.3 is 5.69 Å². The van der Waals surface area contributed by atoms with Gasteiger partial charge in [-0.2, -0.15) is 0 Å². The molecule has 1 aliphatic rings. The molecule has 0 amide bonds. The van der Waals surface area contributed by atoms with Crippen molar-refractivity contribution < 1.29 is 4.74 Å². The third-order valence-electron chi connectivity index (χ3n) is 7.06. The third-order valence-corrected chi connectivity index (χ3v) is 7.06. The smallest absolute Gasteiger partial charge is 0.328 e. The fourth-order valence-electron chi connectivity index (χ4n) is 5.07. The Hall–Kier alpha value is -3.48. The summed E-state index contributed by atoms with van der Waals surface area (Å²) in [7, 11) is 0. The van der Waals surface area contributed by atoms with Crippen LogP contribution in [0, 0.1) is 0 Å². The van der Waals surface area contributed by atoms with Crippen LogP contribution in [0.1, 0.15) is 42.9 Å². The summed E-state index contributed by atoms with van der Waals surface area (Å²) in [5, 5.41) is 0.559. The molecule has 5 rings (SSSR count). The second kappa shape index (κ2) is 11.5. The number of para-hydroxylation sites is 1. The van der Waals surface area contributed by atoms with E-state index >= 15 is 0 Å². The van der Waals surface area contributed by atoms with Crippen molar-refractivity contribution in [1.29, 1.82) is 0 Å². The SMILES string of the molecule is O=c1[nH]c2ccccc2c(=O)n1CCCCN1CCC(OC(c2ccccc2)c2ccccc2)CC1. The predicted molar refractivity (Wildman–Crippen MR) is 143 cm³/mol. The molecule has 1 aromatic heterocycles. The van der Waals surface area contributed by atoms with Crippen LogP contribution in [0.15, 0.2) is 94.5 Å². The molecule has 1 fully saturated rings. The summed E-state index contributed by atoms with van der Waals surface area (Å²) in [6, 6.07) is 28.1. The fraction of sp³-hybridized carbons (Fsp3) is 0.333. The standard InChI is InChI=1S/C30H33N3O3/c34-29-26-15-7-8-16-27(26)31-30(35)33(29)20-10-9-19-32-21-17-25(18-22-32)36-28(23-11-3-1-4-12-23)24-13-5-2-6-14-24/h1-8,11-16,25,28H,9-10,17-22H2,(H,31,35). The number of aromatic nitrogens is 2. The molecule has 0 saturated carbocycles. The molecule has 0 unspecified atom stereocenters. The van der Waals surface area contributed by atoms with Crippen molar-refractivity contribution in [3.8, 4) is 0 Å². The molecule has 186 valence electrons. The van der Waals surface area contributed by atoms with Crippen LogP contribution in [-0.4, -0.2) is 40.2 Å². The Morgan fingerprint density at radius 2 is 1.36 bits per heavy atom. The van der Waals surface area contributed by atoms with Crippen LogP contribution in [0.2, 0.25) is 0 Å². The van der Waals surface area contributed by atoms with E-state index in [0.29, 0.717) is 17.4 Å². The van der Waals surface area contributed by atoms with Gasteiger partial charge in [-0.3, -0.25) is 9.36 Å². The number of nitrogens with zero attached hydrogens (tertiary/aromatic N) is 2. The van der Waals surface area contributed by atoms with Crippen LogP contribution in [0.25, 0.3) is 10.9 Å². The van der Waals surface area contributed by atoms with Crippen LogP contribution in [0.5, 0.6) is 0 Å². The molecule has 6 nitrogen and oxygen atoms in total. The van der Waals surface area contributed by atoms with E-state index in [0.717, 1.165) is 45.3 Å². The molecule has 6 heteroatoms. The molecule has 4 aromatic rings. The van der Waals surface area contributed by atoms with Crippen LogP contribution in [-0.2, 0) is 11.3 Å². The second-order valence-electron chi connectivity index (χ2n) is 9.52. The number of hydrogen-bond donors (Lipinski definition) is 1. The summed E-state index contributed by atoms with van der Waals surface area (Å²) in [6.07, 6.45) is 3.91. The average Bonchev–Trinajstić information content (AvgIpc) is 2.93. The van der Waals surface area contributed by atoms with Crippen LogP contribution in [0.4, 0.5) is 0 Å². The Morgan fingerprint density at radius 1 is 0.778 bits per heavy atom. The van der Waals surface area contributed by atoms with E-state index < -0.39 is 0 Å². The van der Waals surface area contributed by atoms with E-state index in [1.807, 2.05) is 24.3 Å². The second-order valence-corrected chi connectivity index (χ2v) is 9.52. The zero-order valence-corrected chi connectivity index (χ0v) is 20.5. The lowest BCUT2D eigenvalue weighted by Crippen LogP contribution is -2.38. The lowest BCUT2D eigenvalue weighted by molar-refractivity contribution is -0.0271. The first-order valence-corrected chi connectivity index (χ1v) is 12.9. The number of hydrogen-bond acceptors (Lipinski definition) is 4. The van der Waals surface area contributed by atoms with Crippen LogP contribution in [0.3, 0.4) is 0 Å². The zero-order valence-electron chi connectivity index (χ0n) is 20.5. The van der Waals surface area contributed by atoms with E-state index in [4.69, 9.17) is 4.74 Å². The number of ether oxygens (including phenoxy) is 1. The van der Waals surface area contributed by atoms with Gasteiger partial charge in [0, 0.05) is 19.6 Å². The van der Waals surface area contributed by atoms with E-state index in [2.05, 4.69) is 58.4 Å². The largest absolute Gasteiger partial charge is 0.365 e. The lowest BCUT2D eigenvalue weighted by Gasteiger charge is -2.34. The average molecular weight is 484 g/mol. The van der Waals surface area contributed by atoms with Crippen molar-refractivity contribution in [2.24, 2.45) is 0 Å². The van der Waals surface area contributed by atoms with Crippen molar-refractivity contribution >= 4 is 10.9 Å². The predicted octanol–water partition coefficient (Wildman–Crippen LogP) is 4.74. The quantitative estimate of drug-likeness (QED) is 0.349. The van der Waals surface area contributed by atoms with Gasteiger partial charge in [-0.05, 0) is 55.5 Å². The van der Waals surface area contributed by atoms with Crippen molar-refractivity contribution in [2.45, 2.75) is 44.4 Å². The van der Waals surface area contributed by atoms with Crippen LogP contribution >= 0.6 is 0 Å². The molecule has 3 aromatic carbocycles. The number of nitrogens with one attached hydrogen (secondary N) is 1. The van der Waals surface area contributed by atoms with Gasteiger partial charge in [-0.25, -0.2) is 4.79 Å². The van der Waals surface area contributed by atoms with Gasteiger partial charge in [0.05, 0.1) is 17.0 Å². The number of aromatic amines is 1. The minimum atomic E-state index is -0.331. The molecule has 0 bridgehead atoms. The highest BCUT2D eigenvalue weighted by atomic mass is 16.5. The van der Waals surface area contributed by atoms with E-state index in [1.54, 1.807) is 12.1 Å². The lowest BCUT2D eigenvalue weighted by atomic mass is 10.00. The van der Waals surface area contributed by atoms with Gasteiger partial charge < -0.3 is 14.6 Å². The third kappa shape index (κ3) is 5.66.